The van der Waals surface area contributed by atoms with Crippen molar-refractivity contribution in [1.29, 1.82) is 0 Å². The first-order chi connectivity index (χ1) is 49.4. The van der Waals surface area contributed by atoms with Crippen LogP contribution in [-0.2, 0) is 0 Å². The van der Waals surface area contributed by atoms with Gasteiger partial charge in [-0.25, -0.2) is 0 Å². The van der Waals surface area contributed by atoms with Crippen LogP contribution in [0.15, 0.2) is 400 Å². The van der Waals surface area contributed by atoms with Crippen molar-refractivity contribution in [2.45, 2.75) is 0 Å². The molecule has 0 unspecified atom stereocenters. The normalized spacial score (nSPS) is 11.1. The lowest BCUT2D eigenvalue weighted by Gasteiger charge is -2.26. The van der Waals surface area contributed by atoms with E-state index in [9.17, 15) is 0 Å². The van der Waals surface area contributed by atoms with Crippen LogP contribution in [0.1, 0.15) is 0 Å². The standard InChI is InChI=1S/C49H36N2.C47H36N2/c1-50(49-47-17-9-7-15-41(47)33-42-16-8-10-18-48(42)49)43-26-19-38(20-27-43)39-23-30-45(31-24-39)51(46-32-25-36-13-5-6-14-40(36)34-46)44-28-21-37(22-29-44)35-11-3-2-4-12-35;1-48(46-18-10-17-42(33-46)36-13-6-3-7-14-36)43-26-19-39(20-27-43)40-23-30-45(31-24-40)49(47-32-25-37-15-8-9-16-41(37)34-47)44-28-21-38(22-29-44)35-11-4-2-5-12-35/h2-34H,1H3;2-34H,1H3. The molecular weight excluding hydrogens is 1210 g/mol. The van der Waals surface area contributed by atoms with Gasteiger partial charge in [0, 0.05) is 76.1 Å². The number of nitrogens with zero attached hydrogens (tertiary/aromatic N) is 4. The van der Waals surface area contributed by atoms with Crippen molar-refractivity contribution in [2.24, 2.45) is 0 Å². The molecule has 4 nitrogen and oxygen atoms in total. The fourth-order valence-electron chi connectivity index (χ4n) is 13.9. The fraction of sp³-hybridized carbons (Fsp3) is 0.0208. The van der Waals surface area contributed by atoms with Crippen LogP contribution in [0.25, 0.3) is 98.7 Å². The van der Waals surface area contributed by atoms with Crippen molar-refractivity contribution in [1.82, 2.24) is 0 Å². The Kier molecular flexibility index (Phi) is 17.3. The minimum atomic E-state index is 1.11. The van der Waals surface area contributed by atoms with Crippen LogP contribution in [0.4, 0.5) is 56.9 Å². The van der Waals surface area contributed by atoms with Gasteiger partial charge in [0.2, 0.25) is 0 Å². The van der Waals surface area contributed by atoms with Crippen molar-refractivity contribution in [2.75, 3.05) is 33.7 Å². The highest BCUT2D eigenvalue weighted by Gasteiger charge is 2.19. The van der Waals surface area contributed by atoms with E-state index in [2.05, 4.69) is 434 Å². The predicted octanol–water partition coefficient (Wildman–Crippen LogP) is 26.8. The van der Waals surface area contributed by atoms with E-state index in [1.54, 1.807) is 0 Å². The third kappa shape index (κ3) is 13.0. The fourth-order valence-corrected chi connectivity index (χ4v) is 13.9. The molecule has 0 N–H and O–H groups in total. The maximum Gasteiger partial charge on any atom is 0.0567 e. The molecular formula is C96H72N4. The lowest BCUT2D eigenvalue weighted by atomic mass is 9.99. The minimum Gasteiger partial charge on any atom is -0.345 e. The average Bonchev–Trinajstić information content (AvgIpc) is 0.794. The van der Waals surface area contributed by atoms with Gasteiger partial charge in [0.05, 0.1) is 5.69 Å². The van der Waals surface area contributed by atoms with Crippen LogP contribution in [0, 0.1) is 0 Å². The Bertz CT molecular complexity index is 5590. The first-order valence-electron chi connectivity index (χ1n) is 34.2. The molecule has 0 saturated carbocycles. The third-order valence-electron chi connectivity index (χ3n) is 19.3. The Hall–Kier alpha value is -13.0. The van der Waals surface area contributed by atoms with Crippen molar-refractivity contribution >= 4 is 100.0 Å². The molecule has 0 bridgehead atoms. The summed E-state index contributed by atoms with van der Waals surface area (Å²) in [5.41, 5.74) is 23.4. The summed E-state index contributed by atoms with van der Waals surface area (Å²) in [5, 5.41) is 9.92. The summed E-state index contributed by atoms with van der Waals surface area (Å²) in [7, 11) is 4.30. The van der Waals surface area contributed by atoms with E-state index < -0.39 is 0 Å². The smallest absolute Gasteiger partial charge is 0.0567 e. The van der Waals surface area contributed by atoms with E-state index in [1.807, 2.05) is 0 Å². The molecule has 0 radical (unpaired) electrons. The maximum atomic E-state index is 2.34. The van der Waals surface area contributed by atoms with Gasteiger partial charge in [0.1, 0.15) is 0 Å². The van der Waals surface area contributed by atoms with Gasteiger partial charge in [-0.15, -0.1) is 0 Å². The molecule has 0 aliphatic rings. The summed E-state index contributed by atoms with van der Waals surface area (Å²) in [5.74, 6) is 0. The highest BCUT2D eigenvalue weighted by atomic mass is 15.1. The zero-order valence-electron chi connectivity index (χ0n) is 55.9. The van der Waals surface area contributed by atoms with Gasteiger partial charge in [0.15, 0.2) is 0 Å². The summed E-state index contributed by atoms with van der Waals surface area (Å²) in [4.78, 5) is 9.25. The molecule has 0 fully saturated rings. The van der Waals surface area contributed by atoms with Crippen LogP contribution in [-0.4, -0.2) is 14.1 Å². The molecule has 0 spiro atoms. The molecule has 0 aliphatic carbocycles. The van der Waals surface area contributed by atoms with Gasteiger partial charge in [-0.1, -0.05) is 285 Å². The quantitative estimate of drug-likeness (QED) is 0.0949. The largest absolute Gasteiger partial charge is 0.345 e. The Morgan fingerprint density at radius 3 is 0.790 bits per heavy atom. The summed E-state index contributed by atoms with van der Waals surface area (Å²) in [6.07, 6.45) is 0. The van der Waals surface area contributed by atoms with E-state index >= 15 is 0 Å². The predicted molar refractivity (Wildman–Crippen MR) is 428 cm³/mol. The topological polar surface area (TPSA) is 13.0 Å². The average molecular weight is 1280 g/mol. The van der Waals surface area contributed by atoms with E-state index in [-0.39, 0.29) is 0 Å². The zero-order valence-corrected chi connectivity index (χ0v) is 55.9. The second kappa shape index (κ2) is 28.0. The molecule has 100 heavy (non-hydrogen) atoms. The molecule has 4 heteroatoms. The van der Waals surface area contributed by atoms with E-state index in [0.717, 1.165) is 51.2 Å². The molecule has 0 aromatic heterocycles. The van der Waals surface area contributed by atoms with Gasteiger partial charge in [-0.2, -0.15) is 0 Å². The van der Waals surface area contributed by atoms with Gasteiger partial charge in [0.25, 0.3) is 0 Å². The number of benzene rings is 17. The van der Waals surface area contributed by atoms with Crippen molar-refractivity contribution in [3.05, 3.63) is 400 Å². The SMILES string of the molecule is CN(c1ccc(-c2ccc(N(c3ccc(-c4ccccc4)cc3)c3ccc4ccccc4c3)cc2)cc1)c1c2ccccc2cc2ccccc12.CN(c1ccc(-c2ccc(N(c3ccc(-c4ccccc4)cc3)c3ccc4ccccc4c3)cc2)cc1)c1cccc(-c2ccccc2)c1. The van der Waals surface area contributed by atoms with Crippen molar-refractivity contribution < 1.29 is 0 Å². The minimum absolute atomic E-state index is 1.11. The summed E-state index contributed by atoms with van der Waals surface area (Å²) in [6, 6.07) is 144. The van der Waals surface area contributed by atoms with Crippen LogP contribution in [0.3, 0.4) is 0 Å². The van der Waals surface area contributed by atoms with Gasteiger partial charge < -0.3 is 19.6 Å². The number of fused-ring (bicyclic) bond motifs is 4. The molecule has 17 aromatic rings. The van der Waals surface area contributed by atoms with E-state index in [1.165, 1.54) is 104 Å². The van der Waals surface area contributed by atoms with Crippen LogP contribution >= 0.6 is 0 Å². The molecule has 17 aromatic carbocycles. The van der Waals surface area contributed by atoms with Crippen LogP contribution in [0.5, 0.6) is 0 Å². The Morgan fingerprint density at radius 2 is 0.420 bits per heavy atom. The van der Waals surface area contributed by atoms with Gasteiger partial charge in [-0.3, -0.25) is 0 Å². The molecule has 476 valence electrons. The Labute approximate surface area is 586 Å². The highest BCUT2D eigenvalue weighted by Crippen LogP contribution is 2.43. The lowest BCUT2D eigenvalue weighted by Crippen LogP contribution is -2.10. The van der Waals surface area contributed by atoms with Crippen LogP contribution in [0.2, 0.25) is 0 Å². The van der Waals surface area contributed by atoms with E-state index in [0.29, 0.717) is 0 Å². The maximum absolute atomic E-state index is 2.34. The van der Waals surface area contributed by atoms with Gasteiger partial charge >= 0.3 is 0 Å². The van der Waals surface area contributed by atoms with Gasteiger partial charge in [-0.05, 0) is 203 Å². The molecule has 0 heterocycles. The number of hydrogen-bond donors (Lipinski definition) is 0. The first kappa shape index (κ1) is 61.8. The number of anilines is 10. The van der Waals surface area contributed by atoms with E-state index in [4.69, 9.17) is 0 Å². The Morgan fingerprint density at radius 1 is 0.150 bits per heavy atom. The molecule has 0 aliphatic heterocycles. The zero-order chi connectivity index (χ0) is 67.1. The third-order valence-corrected chi connectivity index (χ3v) is 19.3. The monoisotopic (exact) mass is 1280 g/mol. The number of hydrogen-bond acceptors (Lipinski definition) is 4. The first-order valence-corrected chi connectivity index (χ1v) is 34.2. The highest BCUT2D eigenvalue weighted by molar-refractivity contribution is 6.12. The number of rotatable bonds is 15. The Balaban J connectivity index is 0.000000156. The molecule has 17 rings (SSSR count). The summed E-state index contributed by atoms with van der Waals surface area (Å²) < 4.78 is 0. The summed E-state index contributed by atoms with van der Waals surface area (Å²) in [6.45, 7) is 0. The summed E-state index contributed by atoms with van der Waals surface area (Å²) >= 11 is 0. The van der Waals surface area contributed by atoms with Crippen molar-refractivity contribution in [3.63, 3.8) is 0 Å². The molecule has 0 saturated heterocycles. The lowest BCUT2D eigenvalue weighted by molar-refractivity contribution is 1.21. The molecule has 0 amide bonds. The van der Waals surface area contributed by atoms with Crippen molar-refractivity contribution in [3.8, 4) is 55.6 Å². The second-order valence-corrected chi connectivity index (χ2v) is 25.4. The molecule has 0 atom stereocenters. The van der Waals surface area contributed by atoms with Crippen LogP contribution < -0.4 is 19.6 Å². The second-order valence-electron chi connectivity index (χ2n) is 25.4.